The van der Waals surface area contributed by atoms with Crippen LogP contribution in [0.15, 0.2) is 12.1 Å². The molecule has 2 rings (SSSR count). The normalized spacial score (nSPS) is 15.7. The van der Waals surface area contributed by atoms with Crippen LogP contribution in [0.4, 0.5) is 10.1 Å². The Morgan fingerprint density at radius 1 is 1.44 bits per heavy atom. The van der Waals surface area contributed by atoms with Gasteiger partial charge in [-0.05, 0) is 31.7 Å². The molecule has 0 bridgehead atoms. The summed E-state index contributed by atoms with van der Waals surface area (Å²) >= 11 is 15.4. The van der Waals surface area contributed by atoms with Crippen molar-refractivity contribution < 1.29 is 9.13 Å². The quantitative estimate of drug-likeness (QED) is 0.671. The third-order valence-corrected chi connectivity index (χ3v) is 3.35. The molecule has 0 aliphatic heterocycles. The Labute approximate surface area is 121 Å². The minimum Gasteiger partial charge on any atom is -0.489 e. The summed E-state index contributed by atoms with van der Waals surface area (Å²) in [5.41, 5.74) is 0.201. The molecule has 1 saturated carbocycles. The molecule has 1 aliphatic rings. The maximum absolute atomic E-state index is 13.6. The summed E-state index contributed by atoms with van der Waals surface area (Å²) in [6, 6.07) is 2.72. The lowest BCUT2D eigenvalue weighted by molar-refractivity contribution is 0.210. The van der Waals surface area contributed by atoms with Crippen LogP contribution in [0, 0.1) is 5.82 Å². The molecule has 0 radical (unpaired) electrons. The van der Waals surface area contributed by atoms with Gasteiger partial charge in [0, 0.05) is 6.07 Å². The van der Waals surface area contributed by atoms with Gasteiger partial charge in [-0.2, -0.15) is 0 Å². The first-order valence-electron chi connectivity index (χ1n) is 5.70. The second-order valence-electron chi connectivity index (χ2n) is 4.20. The van der Waals surface area contributed by atoms with E-state index >= 15 is 0 Å². The molecule has 0 atom stereocenters. The van der Waals surface area contributed by atoms with Gasteiger partial charge in [0.1, 0.15) is 11.6 Å². The van der Waals surface area contributed by atoms with Crippen molar-refractivity contribution in [2.75, 3.05) is 5.32 Å². The Morgan fingerprint density at radius 2 is 2.11 bits per heavy atom. The molecule has 1 fully saturated rings. The van der Waals surface area contributed by atoms with E-state index in [9.17, 15) is 4.39 Å². The van der Waals surface area contributed by atoms with E-state index in [1.54, 1.807) is 0 Å². The summed E-state index contributed by atoms with van der Waals surface area (Å²) in [6.07, 6.45) is 4.50. The van der Waals surface area contributed by atoms with Crippen molar-refractivity contribution in [2.24, 2.45) is 0 Å². The van der Waals surface area contributed by atoms with Gasteiger partial charge in [-0.1, -0.05) is 15.9 Å². The molecule has 0 saturated heterocycles. The third kappa shape index (κ3) is 3.43. The van der Waals surface area contributed by atoms with E-state index in [4.69, 9.17) is 41.2 Å². The fourth-order valence-corrected chi connectivity index (χ4v) is 2.43. The zero-order valence-corrected chi connectivity index (χ0v) is 11.9. The molecule has 0 heterocycles. The molecule has 1 N–H and O–H groups in total. The number of hydrogen-bond acceptors (Lipinski definition) is 3. The summed E-state index contributed by atoms with van der Waals surface area (Å²) in [7, 11) is 0. The average Bonchev–Trinajstić information content (AvgIpc) is 2.77. The number of benzene rings is 1. The van der Waals surface area contributed by atoms with Gasteiger partial charge < -0.3 is 34.9 Å². The Balaban J connectivity index is 2.20. The smallest absolute Gasteiger partial charge is 0.148 e. The van der Waals surface area contributed by atoms with E-state index in [1.165, 1.54) is 12.1 Å². The van der Waals surface area contributed by atoms with Crippen LogP contribution in [0.3, 0.4) is 0 Å². The molecular formula is C12H12ClFNOS2-. The average molecular weight is 305 g/mol. The van der Waals surface area contributed by atoms with E-state index < -0.39 is 5.82 Å². The van der Waals surface area contributed by atoms with Crippen LogP contribution in [-0.2, 0) is 12.6 Å². The highest BCUT2D eigenvalue weighted by Crippen LogP contribution is 2.33. The van der Waals surface area contributed by atoms with Crippen molar-refractivity contribution in [3.8, 4) is 5.75 Å². The Morgan fingerprint density at radius 3 is 2.72 bits per heavy atom. The van der Waals surface area contributed by atoms with Crippen LogP contribution >= 0.6 is 23.8 Å². The van der Waals surface area contributed by atoms with Crippen LogP contribution in [0.25, 0.3) is 0 Å². The number of thiocarbonyl (C=S) groups is 1. The Kier molecular flexibility index (Phi) is 4.59. The molecule has 0 spiro atoms. The second-order valence-corrected chi connectivity index (χ2v) is 5.68. The zero-order chi connectivity index (χ0) is 13.1. The molecule has 98 valence electrons. The first kappa shape index (κ1) is 13.8. The van der Waals surface area contributed by atoms with Crippen LogP contribution < -0.4 is 10.1 Å². The fraction of sp³-hybridized carbons (Fsp3) is 0.417. The zero-order valence-electron chi connectivity index (χ0n) is 9.54. The van der Waals surface area contributed by atoms with Gasteiger partial charge in [0.2, 0.25) is 0 Å². The predicted molar refractivity (Wildman–Crippen MR) is 77.9 cm³/mol. The van der Waals surface area contributed by atoms with Crippen LogP contribution in [0.5, 0.6) is 5.75 Å². The first-order chi connectivity index (χ1) is 8.56. The number of ether oxygens (including phenoxy) is 1. The summed E-state index contributed by atoms with van der Waals surface area (Å²) in [6.45, 7) is 0. The van der Waals surface area contributed by atoms with Crippen molar-refractivity contribution in [1.82, 2.24) is 0 Å². The first-order valence-corrected chi connectivity index (χ1v) is 6.89. The van der Waals surface area contributed by atoms with Gasteiger partial charge in [0.15, 0.2) is 0 Å². The lowest BCUT2D eigenvalue weighted by atomic mass is 10.2. The van der Waals surface area contributed by atoms with Crippen molar-refractivity contribution in [3.63, 3.8) is 0 Å². The largest absolute Gasteiger partial charge is 0.489 e. The minimum atomic E-state index is -0.494. The van der Waals surface area contributed by atoms with E-state index in [2.05, 4.69) is 5.32 Å². The van der Waals surface area contributed by atoms with E-state index in [1.807, 2.05) is 0 Å². The van der Waals surface area contributed by atoms with Crippen molar-refractivity contribution in [2.45, 2.75) is 31.8 Å². The molecule has 0 amide bonds. The summed E-state index contributed by atoms with van der Waals surface area (Å²) in [5, 5.41) is 2.86. The number of anilines is 1. The summed E-state index contributed by atoms with van der Waals surface area (Å²) in [5.74, 6) is -0.0234. The molecule has 1 aromatic rings. The van der Waals surface area contributed by atoms with Gasteiger partial charge in [-0.15, -0.1) is 0 Å². The Bertz CT molecular complexity index is 464. The van der Waals surface area contributed by atoms with E-state index in [0.717, 1.165) is 25.7 Å². The SMILES string of the molecule is Fc1cc(Cl)c(OC2CCCC2)cc1NC(=S)[S-]. The number of rotatable bonds is 3. The molecular weight excluding hydrogens is 293 g/mol. The molecule has 1 aliphatic carbocycles. The number of halogens is 2. The monoisotopic (exact) mass is 304 g/mol. The van der Waals surface area contributed by atoms with Crippen molar-refractivity contribution in [1.29, 1.82) is 0 Å². The van der Waals surface area contributed by atoms with Crippen LogP contribution in [-0.4, -0.2) is 10.4 Å². The highest BCUT2D eigenvalue weighted by Gasteiger charge is 2.19. The summed E-state index contributed by atoms with van der Waals surface area (Å²) in [4.78, 5) is 0. The lowest BCUT2D eigenvalue weighted by Gasteiger charge is -2.17. The Hall–Kier alpha value is -0.650. The number of hydrogen-bond donors (Lipinski definition) is 1. The standard InChI is InChI=1S/C12H13ClFNOS2/c13-8-5-9(14)10(15-12(17)18)6-11(8)16-7-3-1-2-4-7/h5-7H,1-4H2,(H2,15,17,18)/p-1. The maximum Gasteiger partial charge on any atom is 0.148 e. The van der Waals surface area contributed by atoms with E-state index in [0.29, 0.717) is 5.75 Å². The second kappa shape index (κ2) is 5.99. The van der Waals surface area contributed by atoms with Gasteiger partial charge in [0.05, 0.1) is 16.8 Å². The highest BCUT2D eigenvalue weighted by molar-refractivity contribution is 8.00. The predicted octanol–water partition coefficient (Wildman–Crippen LogP) is 4.04. The molecule has 0 aromatic heterocycles. The van der Waals surface area contributed by atoms with Gasteiger partial charge in [-0.25, -0.2) is 4.39 Å². The van der Waals surface area contributed by atoms with Crippen molar-refractivity contribution in [3.05, 3.63) is 23.0 Å². The molecule has 0 unspecified atom stereocenters. The molecule has 6 heteroatoms. The van der Waals surface area contributed by atoms with Crippen molar-refractivity contribution >= 4 is 46.5 Å². The maximum atomic E-state index is 13.6. The molecule has 1 aromatic carbocycles. The van der Waals surface area contributed by atoms with E-state index in [-0.39, 0.29) is 21.1 Å². The topological polar surface area (TPSA) is 21.3 Å². The van der Waals surface area contributed by atoms with Crippen LogP contribution in [0.2, 0.25) is 5.02 Å². The summed E-state index contributed by atoms with van der Waals surface area (Å²) < 4.78 is 19.4. The highest BCUT2D eigenvalue weighted by atomic mass is 35.5. The molecule has 18 heavy (non-hydrogen) atoms. The molecule has 2 nitrogen and oxygen atoms in total. The lowest BCUT2D eigenvalue weighted by Crippen LogP contribution is -2.12. The number of nitrogens with one attached hydrogen (secondary N) is 1. The van der Waals surface area contributed by atoms with Crippen LogP contribution in [0.1, 0.15) is 25.7 Å². The minimum absolute atomic E-state index is 0.0861. The van der Waals surface area contributed by atoms with Gasteiger partial charge in [-0.3, -0.25) is 0 Å². The third-order valence-electron chi connectivity index (χ3n) is 2.85. The van der Waals surface area contributed by atoms with Gasteiger partial charge >= 0.3 is 0 Å². The van der Waals surface area contributed by atoms with Gasteiger partial charge in [0.25, 0.3) is 0 Å². The fourth-order valence-electron chi connectivity index (χ4n) is 2.01.